The van der Waals surface area contributed by atoms with Crippen LogP contribution in [0.25, 0.3) is 0 Å². The van der Waals surface area contributed by atoms with Crippen molar-refractivity contribution in [1.82, 2.24) is 0 Å². The molecule has 0 spiro atoms. The molecule has 0 heterocycles. The van der Waals surface area contributed by atoms with Gasteiger partial charge in [0.15, 0.2) is 0 Å². The predicted octanol–water partition coefficient (Wildman–Crippen LogP) is 3.17. The first kappa shape index (κ1) is 14.2. The maximum absolute atomic E-state index is 10.0. The van der Waals surface area contributed by atoms with E-state index in [0.29, 0.717) is 0 Å². The second-order valence-corrected chi connectivity index (χ2v) is 2.83. The van der Waals surface area contributed by atoms with Gasteiger partial charge in [0.1, 0.15) is 0 Å². The molecule has 0 aromatic rings. The van der Waals surface area contributed by atoms with Gasteiger partial charge >= 0.3 is 0 Å². The Morgan fingerprint density at radius 3 is 1.73 bits per heavy atom. The summed E-state index contributed by atoms with van der Waals surface area (Å²) in [6.07, 6.45) is 8.64. The monoisotopic (exact) mass is 236 g/mol. The molecule has 66 valence electrons. The Bertz CT molecular complexity index is 49.5. The molecule has 0 aliphatic carbocycles. The minimum absolute atomic E-state index is 0. The third-order valence-electron chi connectivity index (χ3n) is 1.75. The van der Waals surface area contributed by atoms with Crippen LogP contribution in [0.15, 0.2) is 0 Å². The van der Waals surface area contributed by atoms with Crippen molar-refractivity contribution >= 4 is 0 Å². The fraction of sp³-hybridized carbons (Fsp3) is 1.00. The van der Waals surface area contributed by atoms with Gasteiger partial charge in [-0.15, -0.1) is 0 Å². The van der Waals surface area contributed by atoms with E-state index in [1.54, 1.807) is 0 Å². The van der Waals surface area contributed by atoms with Gasteiger partial charge in [-0.3, -0.25) is 0 Å². The van der Waals surface area contributed by atoms with Crippen LogP contribution in [-0.4, -0.2) is 6.61 Å². The maximum Gasteiger partial charge on any atom is 0.0822 e. The molecule has 2 radical (unpaired) electrons. The van der Waals surface area contributed by atoms with Crippen LogP contribution in [-0.2, 0) is 27.5 Å². The second kappa shape index (κ2) is 13.3. The molecule has 11 heavy (non-hydrogen) atoms. The van der Waals surface area contributed by atoms with E-state index in [2.05, 4.69) is 6.92 Å². The van der Waals surface area contributed by atoms with Gasteiger partial charge in [-0.1, -0.05) is 45.4 Å². The van der Waals surface area contributed by atoms with Gasteiger partial charge in [0.05, 0.1) is 6.61 Å². The Balaban J connectivity index is 0. The molecule has 0 N–H and O–H groups in total. The molecule has 0 unspecified atom stereocenters. The number of unbranched alkanes of at least 4 members (excludes halogenated alkanes) is 6. The van der Waals surface area contributed by atoms with Crippen LogP contribution < -0.4 is 0 Å². The summed E-state index contributed by atoms with van der Waals surface area (Å²) in [5.74, 6) is 0. The molecule has 0 amide bonds. The van der Waals surface area contributed by atoms with Gasteiger partial charge in [-0.2, -0.15) is 0 Å². The first-order valence-electron chi connectivity index (χ1n) is 4.50. The van der Waals surface area contributed by atoms with E-state index in [1.165, 1.54) is 32.1 Å². The molecule has 1 nitrogen and oxygen atoms in total. The van der Waals surface area contributed by atoms with Gasteiger partial charge in [0.2, 0.25) is 0 Å². The molecule has 0 saturated carbocycles. The number of hydrogen-bond donors (Lipinski definition) is 0. The van der Waals surface area contributed by atoms with Crippen LogP contribution in [0.1, 0.15) is 51.9 Å². The number of rotatable bonds is 7. The molecular weight excluding hydrogens is 217 g/mol. The van der Waals surface area contributed by atoms with Gasteiger partial charge < -0.3 is 0 Å². The van der Waals surface area contributed by atoms with Gasteiger partial charge in [0, 0.05) is 22.4 Å². The van der Waals surface area contributed by atoms with Crippen LogP contribution in [0.4, 0.5) is 0 Å². The van der Waals surface area contributed by atoms with Crippen molar-refractivity contribution < 1.29 is 27.5 Å². The molecule has 0 fully saturated rings. The topological polar surface area (TPSA) is 19.9 Å². The molecule has 0 aromatic heterocycles. The summed E-state index contributed by atoms with van der Waals surface area (Å²) in [6, 6.07) is 0. The van der Waals surface area contributed by atoms with Crippen LogP contribution in [0, 0.1) is 0 Å². The van der Waals surface area contributed by atoms with Crippen molar-refractivity contribution in [2.45, 2.75) is 51.9 Å². The maximum atomic E-state index is 10.0. The zero-order valence-electron chi connectivity index (χ0n) is 7.51. The summed E-state index contributed by atoms with van der Waals surface area (Å²) >= 11 is 0. The summed E-state index contributed by atoms with van der Waals surface area (Å²) in [7, 11) is 0. The molecule has 0 bridgehead atoms. The van der Waals surface area contributed by atoms with E-state index in [0.717, 1.165) is 12.8 Å². The molecule has 0 saturated heterocycles. The predicted molar refractivity (Wildman–Crippen MR) is 43.5 cm³/mol. The molecule has 0 rings (SSSR count). The minimum atomic E-state index is 0. The fourth-order valence-corrected chi connectivity index (χ4v) is 1.06. The van der Waals surface area contributed by atoms with E-state index in [4.69, 9.17) is 0 Å². The van der Waals surface area contributed by atoms with Crippen molar-refractivity contribution in [3.63, 3.8) is 0 Å². The van der Waals surface area contributed by atoms with Gasteiger partial charge in [-0.05, 0) is 6.42 Å². The Labute approximate surface area is 86.1 Å². The summed E-state index contributed by atoms with van der Waals surface area (Å²) in [5, 5.41) is 10.0. The Hall–Kier alpha value is 0.700. The Morgan fingerprint density at radius 1 is 0.818 bits per heavy atom. The molecule has 0 aliphatic heterocycles. The third-order valence-corrected chi connectivity index (χ3v) is 1.75. The average Bonchev–Trinajstić information content (AvgIpc) is 1.97. The summed E-state index contributed by atoms with van der Waals surface area (Å²) in [6.45, 7) is 2.34. The van der Waals surface area contributed by atoms with Crippen molar-refractivity contribution in [1.29, 1.82) is 0 Å². The normalized spacial score (nSPS) is 9.27. The quantitative estimate of drug-likeness (QED) is 0.478. The Morgan fingerprint density at radius 2 is 1.27 bits per heavy atom. The van der Waals surface area contributed by atoms with E-state index < -0.39 is 0 Å². The van der Waals surface area contributed by atoms with E-state index >= 15 is 0 Å². The van der Waals surface area contributed by atoms with Crippen molar-refractivity contribution in [3.8, 4) is 0 Å². The van der Waals surface area contributed by atoms with Crippen LogP contribution in [0.5, 0.6) is 0 Å². The molecule has 2 heteroatoms. The third kappa shape index (κ3) is 13.7. The standard InChI is InChI=1S/C9H19O.Nb/c1-2-3-4-5-6-7-8-9-10;/h2-9H2,1H3;. The van der Waals surface area contributed by atoms with E-state index in [9.17, 15) is 5.11 Å². The van der Waals surface area contributed by atoms with Crippen LogP contribution in [0.3, 0.4) is 0 Å². The molecule has 0 atom stereocenters. The fourth-order valence-electron chi connectivity index (χ4n) is 1.06. The second-order valence-electron chi connectivity index (χ2n) is 2.83. The van der Waals surface area contributed by atoms with Crippen molar-refractivity contribution in [2.75, 3.05) is 6.61 Å². The zero-order valence-corrected chi connectivity index (χ0v) is 9.71. The van der Waals surface area contributed by atoms with Gasteiger partial charge in [0.25, 0.3) is 0 Å². The van der Waals surface area contributed by atoms with Crippen molar-refractivity contribution in [2.24, 2.45) is 0 Å². The summed E-state index contributed by atoms with van der Waals surface area (Å²) < 4.78 is 0. The van der Waals surface area contributed by atoms with Crippen molar-refractivity contribution in [3.05, 3.63) is 0 Å². The van der Waals surface area contributed by atoms with E-state index in [-0.39, 0.29) is 29.0 Å². The number of hydrogen-bond acceptors (Lipinski definition) is 0. The molecular formula is C9H19NbO. The van der Waals surface area contributed by atoms with Crippen LogP contribution >= 0.6 is 0 Å². The Kier molecular flexibility index (Phi) is 17.2. The van der Waals surface area contributed by atoms with Crippen LogP contribution in [0.2, 0.25) is 0 Å². The first-order valence-corrected chi connectivity index (χ1v) is 4.50. The molecule has 0 aliphatic rings. The summed E-state index contributed by atoms with van der Waals surface area (Å²) in [4.78, 5) is 0. The zero-order chi connectivity index (χ0) is 7.66. The van der Waals surface area contributed by atoms with Gasteiger partial charge in [-0.25, -0.2) is 5.11 Å². The largest absolute Gasteiger partial charge is 0.237 e. The SMILES string of the molecule is CCCCCCCCC[O].[Nb]. The average molecular weight is 236 g/mol. The van der Waals surface area contributed by atoms with E-state index in [1.807, 2.05) is 0 Å². The minimum Gasteiger partial charge on any atom is -0.237 e. The summed E-state index contributed by atoms with van der Waals surface area (Å²) in [5.41, 5.74) is 0. The smallest absolute Gasteiger partial charge is 0.0822 e. The molecule has 0 aromatic carbocycles. The first-order chi connectivity index (χ1) is 4.91.